The first-order valence-electron chi connectivity index (χ1n) is 13.4. The molecule has 6 heteroatoms. The zero-order chi connectivity index (χ0) is 27.6. The van der Waals surface area contributed by atoms with Gasteiger partial charge in [0.25, 0.3) is 0 Å². The topological polar surface area (TPSA) is 42.8 Å². The molecule has 1 N–H and O–H groups in total. The minimum atomic E-state index is -0.263. The van der Waals surface area contributed by atoms with Crippen LogP contribution in [0.15, 0.2) is 96.0 Å². The average molecular weight is 645 g/mol. The predicted molar refractivity (Wildman–Crippen MR) is 168 cm³/mol. The standard InChI is InChI=1S/C34H30FIN2O2/c1-21-6-15-31-29(16-21)27-4-3-5-28(27)33(38-31)24-9-13-26(14-10-24)37-19-23-17-30(36)34(32(18-23)39-2)40-20-22-7-11-25(35)12-8-22/h3-4,6-19,27-28,33,38H,5,20H2,1-2H3/t27-,28-,33+/m1/s1. The summed E-state index contributed by atoms with van der Waals surface area (Å²) in [6.45, 7) is 2.49. The molecule has 0 spiro atoms. The maximum absolute atomic E-state index is 13.2. The van der Waals surface area contributed by atoms with Crippen LogP contribution in [0.25, 0.3) is 0 Å². The van der Waals surface area contributed by atoms with Gasteiger partial charge in [-0.25, -0.2) is 4.39 Å². The second-order valence-electron chi connectivity index (χ2n) is 10.4. The summed E-state index contributed by atoms with van der Waals surface area (Å²) in [5.74, 6) is 2.00. The molecule has 4 aromatic carbocycles. The van der Waals surface area contributed by atoms with Crippen molar-refractivity contribution in [1.29, 1.82) is 0 Å². The lowest BCUT2D eigenvalue weighted by Crippen LogP contribution is -2.29. The first-order valence-corrected chi connectivity index (χ1v) is 14.5. The van der Waals surface area contributed by atoms with Crippen LogP contribution >= 0.6 is 22.6 Å². The molecule has 0 radical (unpaired) electrons. The highest BCUT2D eigenvalue weighted by Gasteiger charge is 2.37. The lowest BCUT2D eigenvalue weighted by molar-refractivity contribution is 0.282. The van der Waals surface area contributed by atoms with Crippen LogP contribution < -0.4 is 14.8 Å². The molecule has 1 aliphatic heterocycles. The Morgan fingerprint density at radius 3 is 2.60 bits per heavy atom. The van der Waals surface area contributed by atoms with Crippen molar-refractivity contribution in [2.75, 3.05) is 12.4 Å². The van der Waals surface area contributed by atoms with Crippen LogP contribution in [0.1, 0.15) is 46.2 Å². The maximum atomic E-state index is 13.2. The second kappa shape index (κ2) is 11.5. The van der Waals surface area contributed by atoms with Gasteiger partial charge in [-0.15, -0.1) is 0 Å². The summed E-state index contributed by atoms with van der Waals surface area (Å²) in [7, 11) is 1.62. The van der Waals surface area contributed by atoms with Gasteiger partial charge in [0.05, 0.1) is 22.4 Å². The molecule has 0 saturated heterocycles. The van der Waals surface area contributed by atoms with Crippen LogP contribution in [0.5, 0.6) is 11.5 Å². The highest BCUT2D eigenvalue weighted by molar-refractivity contribution is 14.1. The first kappa shape index (κ1) is 26.6. The summed E-state index contributed by atoms with van der Waals surface area (Å²) < 4.78 is 25.7. The Balaban J connectivity index is 1.16. The number of rotatable bonds is 7. The Labute approximate surface area is 248 Å². The van der Waals surface area contributed by atoms with E-state index in [1.54, 1.807) is 19.2 Å². The lowest BCUT2D eigenvalue weighted by Gasteiger charge is -2.37. The molecule has 3 atom stereocenters. The second-order valence-corrected chi connectivity index (χ2v) is 11.5. The molecule has 0 bridgehead atoms. The number of allylic oxidation sites excluding steroid dienone is 2. The van der Waals surface area contributed by atoms with E-state index in [4.69, 9.17) is 14.5 Å². The van der Waals surface area contributed by atoms with Gasteiger partial charge in [-0.05, 0) is 107 Å². The summed E-state index contributed by atoms with van der Waals surface area (Å²) in [5, 5.41) is 3.81. The van der Waals surface area contributed by atoms with E-state index in [1.165, 1.54) is 34.5 Å². The molecular weight excluding hydrogens is 614 g/mol. The average Bonchev–Trinajstić information content (AvgIpc) is 3.47. The minimum Gasteiger partial charge on any atom is -0.493 e. The molecule has 0 aromatic heterocycles. The molecule has 4 nitrogen and oxygen atoms in total. The normalized spacial score (nSPS) is 19.2. The van der Waals surface area contributed by atoms with Gasteiger partial charge in [-0.2, -0.15) is 0 Å². The Kier molecular flexibility index (Phi) is 7.61. The number of anilines is 1. The van der Waals surface area contributed by atoms with Crippen molar-refractivity contribution >= 4 is 40.2 Å². The van der Waals surface area contributed by atoms with Crippen LogP contribution in [0.2, 0.25) is 0 Å². The number of nitrogens with zero attached hydrogens (tertiary/aromatic N) is 1. The van der Waals surface area contributed by atoms with Crippen LogP contribution in [0.3, 0.4) is 0 Å². The summed E-state index contributed by atoms with van der Waals surface area (Å²) >= 11 is 2.24. The summed E-state index contributed by atoms with van der Waals surface area (Å²) in [6.07, 6.45) is 7.64. The third kappa shape index (κ3) is 5.50. The maximum Gasteiger partial charge on any atom is 0.174 e. The van der Waals surface area contributed by atoms with Gasteiger partial charge >= 0.3 is 0 Å². The lowest BCUT2D eigenvalue weighted by atomic mass is 9.76. The summed E-state index contributed by atoms with van der Waals surface area (Å²) in [4.78, 5) is 4.73. The van der Waals surface area contributed by atoms with Gasteiger partial charge in [-0.3, -0.25) is 4.99 Å². The molecule has 40 heavy (non-hydrogen) atoms. The largest absolute Gasteiger partial charge is 0.493 e. The van der Waals surface area contributed by atoms with Crippen molar-refractivity contribution in [2.45, 2.75) is 31.9 Å². The Hall–Kier alpha value is -3.65. The van der Waals surface area contributed by atoms with Crippen molar-refractivity contribution in [3.8, 4) is 11.5 Å². The molecule has 0 saturated carbocycles. The van der Waals surface area contributed by atoms with Gasteiger partial charge in [-0.1, -0.05) is 54.1 Å². The van der Waals surface area contributed by atoms with Crippen LogP contribution in [-0.4, -0.2) is 13.3 Å². The van der Waals surface area contributed by atoms with Crippen molar-refractivity contribution in [3.63, 3.8) is 0 Å². The van der Waals surface area contributed by atoms with Crippen LogP contribution in [-0.2, 0) is 6.61 Å². The van der Waals surface area contributed by atoms with Crippen molar-refractivity contribution in [3.05, 3.63) is 128 Å². The van der Waals surface area contributed by atoms with Crippen molar-refractivity contribution in [1.82, 2.24) is 0 Å². The fraction of sp³-hybridized carbons (Fsp3) is 0.206. The summed E-state index contributed by atoms with van der Waals surface area (Å²) in [6, 6.07) is 25.8. The Morgan fingerprint density at radius 1 is 1.02 bits per heavy atom. The Bertz CT molecular complexity index is 1580. The SMILES string of the molecule is COc1cc(C=Nc2ccc([C@@H]3Nc4ccc(C)cc4[C@@H]4C=CC[C@H]43)cc2)cc(I)c1OCc1ccc(F)cc1. The molecule has 1 heterocycles. The molecule has 2 aliphatic rings. The minimum absolute atomic E-state index is 0.263. The number of aliphatic imine (C=N–C) groups is 1. The van der Waals surface area contributed by atoms with Gasteiger partial charge in [0.15, 0.2) is 11.5 Å². The van der Waals surface area contributed by atoms with E-state index in [0.29, 0.717) is 29.9 Å². The fourth-order valence-electron chi connectivity index (χ4n) is 5.65. The van der Waals surface area contributed by atoms with E-state index in [-0.39, 0.29) is 11.9 Å². The number of fused-ring (bicyclic) bond motifs is 3. The number of benzene rings is 4. The first-order chi connectivity index (χ1) is 19.5. The smallest absolute Gasteiger partial charge is 0.174 e. The number of ether oxygens (including phenoxy) is 2. The van der Waals surface area contributed by atoms with Gasteiger partial charge < -0.3 is 14.8 Å². The molecular formula is C34H30FIN2O2. The number of methoxy groups -OCH3 is 1. The van der Waals surface area contributed by atoms with E-state index in [2.05, 4.69) is 89.4 Å². The molecule has 1 aliphatic carbocycles. The number of halogens is 2. The molecule has 4 aromatic rings. The Morgan fingerprint density at radius 2 is 1.82 bits per heavy atom. The molecule has 0 unspecified atom stereocenters. The van der Waals surface area contributed by atoms with Crippen LogP contribution in [0, 0.1) is 22.2 Å². The third-order valence-corrected chi connectivity index (χ3v) is 8.48. The zero-order valence-electron chi connectivity index (χ0n) is 22.4. The predicted octanol–water partition coefficient (Wildman–Crippen LogP) is 8.90. The highest BCUT2D eigenvalue weighted by Crippen LogP contribution is 2.50. The van der Waals surface area contributed by atoms with Crippen molar-refractivity contribution < 1.29 is 13.9 Å². The highest BCUT2D eigenvalue weighted by atomic mass is 127. The van der Waals surface area contributed by atoms with Gasteiger partial charge in [0.1, 0.15) is 12.4 Å². The van der Waals surface area contributed by atoms with Gasteiger partial charge in [0.2, 0.25) is 0 Å². The zero-order valence-corrected chi connectivity index (χ0v) is 24.6. The quantitative estimate of drug-likeness (QED) is 0.124. The third-order valence-electron chi connectivity index (χ3n) is 7.68. The number of aryl methyl sites for hydroxylation is 1. The van der Waals surface area contributed by atoms with E-state index in [0.717, 1.165) is 26.8 Å². The van der Waals surface area contributed by atoms with Gasteiger partial charge in [0, 0.05) is 17.8 Å². The van der Waals surface area contributed by atoms with Crippen LogP contribution in [0.4, 0.5) is 15.8 Å². The monoisotopic (exact) mass is 644 g/mol. The summed E-state index contributed by atoms with van der Waals surface area (Å²) in [5.41, 5.74) is 7.92. The van der Waals surface area contributed by atoms with E-state index < -0.39 is 0 Å². The van der Waals surface area contributed by atoms with Crippen molar-refractivity contribution in [2.24, 2.45) is 10.9 Å². The number of nitrogens with one attached hydrogen (secondary N) is 1. The van der Waals surface area contributed by atoms with E-state index in [1.807, 2.05) is 18.3 Å². The van der Waals surface area contributed by atoms with E-state index in [9.17, 15) is 4.39 Å². The van der Waals surface area contributed by atoms with E-state index >= 15 is 0 Å². The number of hydrogen-bond donors (Lipinski definition) is 1. The fourth-order valence-corrected chi connectivity index (χ4v) is 6.43. The number of hydrogen-bond acceptors (Lipinski definition) is 4. The molecule has 202 valence electrons. The molecule has 0 fully saturated rings. The molecule has 6 rings (SSSR count). The molecule has 0 amide bonds.